The Hall–Kier alpha value is -4.17. The van der Waals surface area contributed by atoms with Crippen molar-refractivity contribution in [1.82, 2.24) is 15.5 Å². The maximum atomic E-state index is 14.3. The Bertz CT molecular complexity index is 1390. The molecule has 1 aliphatic heterocycles. The Labute approximate surface area is 253 Å². The van der Waals surface area contributed by atoms with E-state index in [0.29, 0.717) is 32.1 Å². The van der Waals surface area contributed by atoms with Gasteiger partial charge in [0.1, 0.15) is 5.54 Å². The van der Waals surface area contributed by atoms with Crippen LogP contribution in [0.2, 0.25) is 0 Å². The first kappa shape index (κ1) is 28.9. The summed E-state index contributed by atoms with van der Waals surface area (Å²) in [6, 6.07) is 31.1. The number of nitrogens with two attached hydrogens (primary N) is 2. The van der Waals surface area contributed by atoms with Gasteiger partial charge >= 0.3 is 0 Å². The fourth-order valence-corrected chi connectivity index (χ4v) is 6.89. The molecule has 1 spiro atoms. The highest BCUT2D eigenvalue weighted by Gasteiger charge is 2.62. The van der Waals surface area contributed by atoms with Crippen molar-refractivity contribution in [3.63, 3.8) is 0 Å². The van der Waals surface area contributed by atoms with Gasteiger partial charge in [-0.15, -0.1) is 0 Å². The van der Waals surface area contributed by atoms with Crippen LogP contribution in [-0.2, 0) is 9.59 Å². The number of benzene rings is 3. The van der Waals surface area contributed by atoms with E-state index in [1.807, 2.05) is 35.2 Å². The van der Waals surface area contributed by atoms with Crippen LogP contribution in [0.4, 0.5) is 0 Å². The average Bonchev–Trinajstić information content (AvgIpc) is 3.96. The van der Waals surface area contributed by atoms with E-state index < -0.39 is 5.54 Å². The number of carbonyl (C=O) groups is 2. The van der Waals surface area contributed by atoms with Crippen molar-refractivity contribution in [3.05, 3.63) is 108 Å². The lowest BCUT2D eigenvalue weighted by molar-refractivity contribution is -0.134. The van der Waals surface area contributed by atoms with E-state index in [9.17, 15) is 9.59 Å². The summed E-state index contributed by atoms with van der Waals surface area (Å²) in [6.07, 6.45) is 3.12. The smallest absolute Gasteiger partial charge is 0.243 e. The number of nitrogens with zero attached hydrogens (tertiary/aromatic N) is 2. The second kappa shape index (κ2) is 12.6. The molecule has 3 fully saturated rings. The summed E-state index contributed by atoms with van der Waals surface area (Å²) in [7, 11) is 0. The summed E-state index contributed by atoms with van der Waals surface area (Å²) in [5, 5.41) is 6.94. The van der Waals surface area contributed by atoms with Crippen molar-refractivity contribution < 1.29 is 9.59 Å². The van der Waals surface area contributed by atoms with E-state index in [4.69, 9.17) is 11.5 Å². The van der Waals surface area contributed by atoms with Gasteiger partial charge in [0, 0.05) is 44.1 Å². The van der Waals surface area contributed by atoms with Gasteiger partial charge in [-0.3, -0.25) is 19.9 Å². The number of hydrogen-bond donors (Lipinski definition) is 4. The Morgan fingerprint density at radius 3 is 2.23 bits per heavy atom. The van der Waals surface area contributed by atoms with Gasteiger partial charge in [0.2, 0.25) is 11.8 Å². The molecule has 224 valence electrons. The maximum Gasteiger partial charge on any atom is 0.243 e. The molecule has 6 rings (SSSR count). The van der Waals surface area contributed by atoms with Crippen LogP contribution in [0.3, 0.4) is 0 Å². The molecule has 2 aliphatic carbocycles. The second-order valence-electron chi connectivity index (χ2n) is 12.3. The van der Waals surface area contributed by atoms with Crippen molar-refractivity contribution in [1.29, 1.82) is 0 Å². The van der Waals surface area contributed by atoms with Crippen LogP contribution in [-0.4, -0.2) is 60.4 Å². The van der Waals surface area contributed by atoms with Gasteiger partial charge in [-0.1, -0.05) is 91.0 Å². The maximum absolute atomic E-state index is 14.3. The van der Waals surface area contributed by atoms with Crippen LogP contribution in [0.15, 0.2) is 96.0 Å². The standard InChI is InChI=1S/C35H42N6O2/c36-34(37)38-18-16-27-21-35(27)33(43)41(23-31(25-12-6-2-7-13-25)26-14-8-3-9-15-26)19-17-28(40-35)22-39-32(42)30-20-29(30)24-10-4-1-5-11-24/h1-15,27-31,40H,16-23H2,(H,39,42)(H4,36,37,38)/t27?,28-,29?,30?,35?/m0/s1. The lowest BCUT2D eigenvalue weighted by Crippen LogP contribution is -2.52. The largest absolute Gasteiger partial charge is 0.370 e. The first-order valence-electron chi connectivity index (χ1n) is 15.5. The molecule has 1 saturated heterocycles. The number of amides is 2. The molecule has 8 nitrogen and oxygen atoms in total. The highest BCUT2D eigenvalue weighted by Crippen LogP contribution is 2.49. The molecule has 3 aromatic rings. The molecular weight excluding hydrogens is 536 g/mol. The zero-order chi connectivity index (χ0) is 29.8. The van der Waals surface area contributed by atoms with Crippen LogP contribution in [0.1, 0.15) is 54.2 Å². The van der Waals surface area contributed by atoms with Gasteiger partial charge in [0.15, 0.2) is 5.96 Å². The van der Waals surface area contributed by atoms with Crippen LogP contribution >= 0.6 is 0 Å². The molecule has 1 heterocycles. The number of rotatable bonds is 11. The lowest BCUT2D eigenvalue weighted by Gasteiger charge is -2.30. The van der Waals surface area contributed by atoms with Crippen LogP contribution in [0.25, 0.3) is 0 Å². The molecule has 0 radical (unpaired) electrons. The highest BCUT2D eigenvalue weighted by atomic mass is 16.2. The molecule has 3 aliphatic rings. The molecule has 2 saturated carbocycles. The van der Waals surface area contributed by atoms with E-state index in [2.05, 4.69) is 76.3 Å². The third kappa shape index (κ3) is 6.59. The Morgan fingerprint density at radius 2 is 1.60 bits per heavy atom. The van der Waals surface area contributed by atoms with Crippen molar-refractivity contribution >= 4 is 17.8 Å². The predicted octanol–water partition coefficient (Wildman–Crippen LogP) is 3.35. The molecule has 6 N–H and O–H groups in total. The van der Waals surface area contributed by atoms with Gasteiger partial charge in [0.25, 0.3) is 0 Å². The summed E-state index contributed by atoms with van der Waals surface area (Å²) in [6.45, 7) is 2.21. The normalized spacial score (nSPS) is 26.2. The van der Waals surface area contributed by atoms with Gasteiger partial charge in [0.05, 0.1) is 0 Å². The fourth-order valence-electron chi connectivity index (χ4n) is 6.89. The molecular formula is C35H42N6O2. The summed E-state index contributed by atoms with van der Waals surface area (Å²) >= 11 is 0. The Balaban J connectivity index is 1.17. The van der Waals surface area contributed by atoms with Crippen molar-refractivity contribution in [2.24, 2.45) is 28.3 Å². The monoisotopic (exact) mass is 578 g/mol. The zero-order valence-corrected chi connectivity index (χ0v) is 24.6. The van der Waals surface area contributed by atoms with E-state index in [-0.39, 0.29) is 41.6 Å². The van der Waals surface area contributed by atoms with Crippen molar-refractivity contribution in [2.75, 3.05) is 26.2 Å². The quantitative estimate of drug-likeness (QED) is 0.205. The lowest BCUT2D eigenvalue weighted by atomic mass is 9.90. The van der Waals surface area contributed by atoms with Gasteiger partial charge in [-0.2, -0.15) is 0 Å². The van der Waals surface area contributed by atoms with E-state index in [1.165, 1.54) is 16.7 Å². The number of hydrogen-bond acceptors (Lipinski definition) is 4. The molecule has 0 bridgehead atoms. The SMILES string of the molecule is NC(N)=NCCC1CC12N[C@H](CNC(=O)C1CC1c1ccccc1)CCN(CC(c1ccccc1)c1ccccc1)C2=O. The van der Waals surface area contributed by atoms with Gasteiger partial charge < -0.3 is 21.7 Å². The minimum atomic E-state index is -0.658. The molecule has 2 amide bonds. The summed E-state index contributed by atoms with van der Waals surface area (Å²) in [5.74, 6) is 0.821. The van der Waals surface area contributed by atoms with Crippen LogP contribution < -0.4 is 22.1 Å². The minimum absolute atomic E-state index is 0.00759. The van der Waals surface area contributed by atoms with Gasteiger partial charge in [-0.25, -0.2) is 0 Å². The third-order valence-electron chi connectivity index (χ3n) is 9.44. The fraction of sp³-hybridized carbons (Fsp3) is 0.400. The van der Waals surface area contributed by atoms with Crippen molar-refractivity contribution in [3.8, 4) is 0 Å². The number of guanidine groups is 1. The topological polar surface area (TPSA) is 126 Å². The summed E-state index contributed by atoms with van der Waals surface area (Å²) < 4.78 is 0. The number of carbonyl (C=O) groups excluding carboxylic acids is 2. The van der Waals surface area contributed by atoms with Gasteiger partial charge in [-0.05, 0) is 54.2 Å². The second-order valence-corrected chi connectivity index (χ2v) is 12.3. The van der Waals surface area contributed by atoms with E-state index in [0.717, 1.165) is 25.7 Å². The molecule has 3 aromatic carbocycles. The predicted molar refractivity (Wildman–Crippen MR) is 169 cm³/mol. The van der Waals surface area contributed by atoms with E-state index >= 15 is 0 Å². The molecule has 4 unspecified atom stereocenters. The van der Waals surface area contributed by atoms with E-state index in [1.54, 1.807) is 0 Å². The minimum Gasteiger partial charge on any atom is -0.370 e. The zero-order valence-electron chi connectivity index (χ0n) is 24.6. The Morgan fingerprint density at radius 1 is 0.977 bits per heavy atom. The van der Waals surface area contributed by atoms with Crippen LogP contribution in [0.5, 0.6) is 0 Å². The first-order valence-corrected chi connectivity index (χ1v) is 15.5. The first-order chi connectivity index (χ1) is 20.9. The molecule has 8 heteroatoms. The summed E-state index contributed by atoms with van der Waals surface area (Å²) in [5.41, 5.74) is 14.1. The molecule has 0 aromatic heterocycles. The summed E-state index contributed by atoms with van der Waals surface area (Å²) in [4.78, 5) is 33.7. The highest BCUT2D eigenvalue weighted by molar-refractivity contribution is 5.91. The molecule has 43 heavy (non-hydrogen) atoms. The number of aliphatic imine (C=N–C) groups is 1. The van der Waals surface area contributed by atoms with Crippen molar-refractivity contribution in [2.45, 2.75) is 49.1 Å². The van der Waals surface area contributed by atoms with Crippen LogP contribution in [0, 0.1) is 11.8 Å². The average molecular weight is 579 g/mol. The number of nitrogens with one attached hydrogen (secondary N) is 2. The third-order valence-corrected chi connectivity index (χ3v) is 9.44. The molecule has 5 atom stereocenters. The Kier molecular flexibility index (Phi) is 8.47.